The van der Waals surface area contributed by atoms with Crippen LogP contribution in [0.1, 0.15) is 17.3 Å². The number of aromatic nitrogens is 3. The number of rotatable bonds is 6. The van der Waals surface area contributed by atoms with E-state index in [1.807, 2.05) is 47.3 Å². The first-order valence-corrected chi connectivity index (χ1v) is 8.98. The van der Waals surface area contributed by atoms with Gasteiger partial charge in [0.15, 0.2) is 0 Å². The lowest BCUT2D eigenvalue weighted by molar-refractivity contribution is -0.129. The third kappa shape index (κ3) is 3.30. The van der Waals surface area contributed by atoms with Crippen molar-refractivity contribution >= 4 is 40.4 Å². The van der Waals surface area contributed by atoms with Gasteiger partial charge in [-0.15, -0.1) is 11.3 Å². The van der Waals surface area contributed by atoms with Crippen LogP contribution in [0.3, 0.4) is 0 Å². The third-order valence-corrected chi connectivity index (χ3v) is 5.44. The molecule has 1 atom stereocenters. The van der Waals surface area contributed by atoms with Gasteiger partial charge in [0.25, 0.3) is 6.47 Å². The molecule has 0 aliphatic heterocycles. The summed E-state index contributed by atoms with van der Waals surface area (Å²) in [5, 5.41) is 6.72. The molecule has 0 aliphatic rings. The van der Waals surface area contributed by atoms with Crippen molar-refractivity contribution < 1.29 is 9.53 Å². The second-order valence-corrected chi connectivity index (χ2v) is 6.67. The topological polar surface area (TPSA) is 57.0 Å². The molecule has 0 fully saturated rings. The molecule has 7 heteroatoms. The molecule has 0 aliphatic carbocycles. The molecule has 0 spiro atoms. The van der Waals surface area contributed by atoms with Crippen LogP contribution in [-0.4, -0.2) is 27.8 Å². The number of benzene rings is 1. The van der Waals surface area contributed by atoms with Crippen LogP contribution in [0.15, 0.2) is 41.2 Å². The van der Waals surface area contributed by atoms with Crippen LogP contribution >= 0.6 is 33.9 Å². The summed E-state index contributed by atoms with van der Waals surface area (Å²) in [5.74, 6) is 0. The van der Waals surface area contributed by atoms with Crippen molar-refractivity contribution in [1.29, 1.82) is 0 Å². The second kappa shape index (κ2) is 7.22. The van der Waals surface area contributed by atoms with E-state index in [1.54, 1.807) is 5.51 Å². The highest BCUT2D eigenvalue weighted by Gasteiger charge is 2.23. The molecule has 2 aromatic heterocycles. The smallest absolute Gasteiger partial charge is 0.293 e. The minimum atomic E-state index is -0.227. The molecule has 118 valence electrons. The Hall–Kier alpha value is -1.74. The third-order valence-electron chi connectivity index (χ3n) is 3.53. The summed E-state index contributed by atoms with van der Waals surface area (Å²) < 4.78 is 7.90. The van der Waals surface area contributed by atoms with Gasteiger partial charge in [-0.3, -0.25) is 4.79 Å². The van der Waals surface area contributed by atoms with Crippen molar-refractivity contribution in [3.05, 3.63) is 56.2 Å². The highest BCUT2D eigenvalue weighted by atomic mass is 127. The van der Waals surface area contributed by atoms with Crippen molar-refractivity contribution in [1.82, 2.24) is 14.8 Å². The number of carbonyl (C=O) groups is 1. The number of ether oxygens (including phenoxy) is 1. The molecular formula is C16H14IN3O2S. The van der Waals surface area contributed by atoms with Crippen LogP contribution < -0.4 is 0 Å². The number of carbonyl (C=O) groups excluding carboxylic acids is 1. The Bertz CT molecular complexity index is 787. The van der Waals surface area contributed by atoms with Crippen molar-refractivity contribution in [2.75, 3.05) is 6.61 Å². The lowest BCUT2D eigenvalue weighted by Gasteiger charge is -2.15. The van der Waals surface area contributed by atoms with Crippen LogP contribution in [0.5, 0.6) is 0 Å². The average Bonchev–Trinajstić information content (AvgIpc) is 3.20. The SMILES string of the molecule is Cc1c(-c2ccccc2)nn(C(COC=O)c2cscn2)c1I. The van der Waals surface area contributed by atoms with Gasteiger partial charge in [-0.2, -0.15) is 5.10 Å². The maximum Gasteiger partial charge on any atom is 0.293 e. The normalized spacial score (nSPS) is 12.1. The lowest BCUT2D eigenvalue weighted by Crippen LogP contribution is -2.19. The Labute approximate surface area is 151 Å². The highest BCUT2D eigenvalue weighted by molar-refractivity contribution is 14.1. The van der Waals surface area contributed by atoms with Crippen LogP contribution in [0.4, 0.5) is 0 Å². The summed E-state index contributed by atoms with van der Waals surface area (Å²) >= 11 is 3.79. The molecule has 5 nitrogen and oxygen atoms in total. The zero-order chi connectivity index (χ0) is 16.2. The number of halogens is 1. The molecule has 0 saturated carbocycles. The largest absolute Gasteiger partial charge is 0.465 e. The zero-order valence-corrected chi connectivity index (χ0v) is 15.3. The van der Waals surface area contributed by atoms with Crippen molar-refractivity contribution in [3.63, 3.8) is 0 Å². The Kier molecular flexibility index (Phi) is 5.06. The van der Waals surface area contributed by atoms with E-state index in [0.717, 1.165) is 26.2 Å². The van der Waals surface area contributed by atoms with E-state index in [0.29, 0.717) is 6.47 Å². The number of nitrogens with zero attached hydrogens (tertiary/aromatic N) is 3. The molecule has 1 unspecified atom stereocenters. The molecule has 2 heterocycles. The zero-order valence-electron chi connectivity index (χ0n) is 12.3. The van der Waals surface area contributed by atoms with Crippen LogP contribution in [0, 0.1) is 10.6 Å². The maximum atomic E-state index is 10.6. The first-order valence-electron chi connectivity index (χ1n) is 6.95. The van der Waals surface area contributed by atoms with Crippen molar-refractivity contribution in [3.8, 4) is 11.3 Å². The molecule has 23 heavy (non-hydrogen) atoms. The standard InChI is InChI=1S/C16H14IN3O2S/c1-11-15(12-5-3-2-4-6-12)19-20(16(11)17)14(7-22-10-21)13-8-23-9-18-13/h2-6,8-10,14H,7H2,1H3. The predicted molar refractivity (Wildman–Crippen MR) is 97.4 cm³/mol. The molecule has 3 rings (SSSR count). The van der Waals surface area contributed by atoms with Crippen molar-refractivity contribution in [2.45, 2.75) is 13.0 Å². The van der Waals surface area contributed by atoms with E-state index in [9.17, 15) is 4.79 Å². The highest BCUT2D eigenvalue weighted by Crippen LogP contribution is 2.30. The monoisotopic (exact) mass is 439 g/mol. The lowest BCUT2D eigenvalue weighted by atomic mass is 10.1. The number of hydrogen-bond donors (Lipinski definition) is 0. The van der Waals surface area contributed by atoms with Crippen LogP contribution in [-0.2, 0) is 9.53 Å². The summed E-state index contributed by atoms with van der Waals surface area (Å²) in [7, 11) is 0. The van der Waals surface area contributed by atoms with Crippen LogP contribution in [0.25, 0.3) is 11.3 Å². The van der Waals surface area contributed by atoms with E-state index >= 15 is 0 Å². The van der Waals surface area contributed by atoms with Gasteiger partial charge in [0.2, 0.25) is 0 Å². The maximum absolute atomic E-state index is 10.6. The van der Waals surface area contributed by atoms with Gasteiger partial charge in [0.05, 0.1) is 16.9 Å². The summed E-state index contributed by atoms with van der Waals surface area (Å²) in [5.41, 5.74) is 5.71. The van der Waals surface area contributed by atoms with E-state index in [1.165, 1.54) is 11.3 Å². The second-order valence-electron chi connectivity index (χ2n) is 4.93. The number of hydrogen-bond acceptors (Lipinski definition) is 5. The Balaban J connectivity index is 2.05. The van der Waals surface area contributed by atoms with E-state index in [4.69, 9.17) is 9.84 Å². The van der Waals surface area contributed by atoms with E-state index in [2.05, 4.69) is 27.6 Å². The minimum Gasteiger partial charge on any atom is -0.465 e. The molecule has 0 N–H and O–H groups in total. The Morgan fingerprint density at radius 1 is 1.39 bits per heavy atom. The van der Waals surface area contributed by atoms with Gasteiger partial charge in [0, 0.05) is 16.5 Å². The summed E-state index contributed by atoms with van der Waals surface area (Å²) in [4.78, 5) is 15.0. The average molecular weight is 439 g/mol. The summed E-state index contributed by atoms with van der Waals surface area (Å²) in [6, 6.07) is 9.82. The van der Waals surface area contributed by atoms with Crippen LogP contribution in [0.2, 0.25) is 0 Å². The van der Waals surface area contributed by atoms with Gasteiger partial charge in [-0.1, -0.05) is 30.3 Å². The van der Waals surface area contributed by atoms with Gasteiger partial charge >= 0.3 is 0 Å². The van der Waals surface area contributed by atoms with Gasteiger partial charge in [0.1, 0.15) is 16.3 Å². The molecule has 1 aromatic carbocycles. The molecule has 0 saturated heterocycles. The van der Waals surface area contributed by atoms with Gasteiger partial charge in [-0.05, 0) is 29.5 Å². The molecule has 3 aromatic rings. The molecule has 0 amide bonds. The number of thiazole rings is 1. The molecular weight excluding hydrogens is 425 g/mol. The quantitative estimate of drug-likeness (QED) is 0.435. The predicted octanol–water partition coefficient (Wildman–Crippen LogP) is 3.68. The Morgan fingerprint density at radius 2 is 2.17 bits per heavy atom. The fourth-order valence-electron chi connectivity index (χ4n) is 2.37. The molecule has 0 radical (unpaired) electrons. The van der Waals surface area contributed by atoms with Crippen molar-refractivity contribution in [2.24, 2.45) is 0 Å². The van der Waals surface area contributed by atoms with E-state index in [-0.39, 0.29) is 12.6 Å². The molecule has 0 bridgehead atoms. The van der Waals surface area contributed by atoms with Gasteiger partial charge in [-0.25, -0.2) is 9.67 Å². The summed E-state index contributed by atoms with van der Waals surface area (Å²) in [6.45, 7) is 2.71. The van der Waals surface area contributed by atoms with E-state index < -0.39 is 0 Å². The summed E-state index contributed by atoms with van der Waals surface area (Å²) in [6.07, 6.45) is 0. The van der Waals surface area contributed by atoms with Gasteiger partial charge < -0.3 is 4.74 Å². The Morgan fingerprint density at radius 3 is 2.83 bits per heavy atom. The minimum absolute atomic E-state index is 0.207. The fraction of sp³-hybridized carbons (Fsp3) is 0.188. The first kappa shape index (κ1) is 16.1. The first-order chi connectivity index (χ1) is 11.2. The fourth-order valence-corrected chi connectivity index (χ4v) is 3.67.